The zero-order chi connectivity index (χ0) is 21.6. The number of piperidine rings is 1. The summed E-state index contributed by atoms with van der Waals surface area (Å²) in [6, 6.07) is 14.3. The van der Waals surface area contributed by atoms with Crippen LogP contribution in [-0.4, -0.2) is 40.7 Å². The Morgan fingerprint density at radius 2 is 2.03 bits per heavy atom. The Morgan fingerprint density at radius 3 is 2.77 bits per heavy atom. The number of hydrogen-bond acceptors (Lipinski definition) is 5. The first-order chi connectivity index (χ1) is 15.1. The summed E-state index contributed by atoms with van der Waals surface area (Å²) in [6.07, 6.45) is 6.27. The number of benzene rings is 1. The van der Waals surface area contributed by atoms with Gasteiger partial charge >= 0.3 is 0 Å². The first-order valence-electron chi connectivity index (χ1n) is 10.9. The SMILES string of the molecule is Cc1ccc(-c2ccc(N3CCCC(C(=O)NCCc4cccnc4)C3)nn2)cc1C. The summed E-state index contributed by atoms with van der Waals surface area (Å²) in [7, 11) is 0. The number of nitrogens with one attached hydrogen (secondary N) is 1. The van der Waals surface area contributed by atoms with Crippen LogP contribution >= 0.6 is 0 Å². The molecule has 0 radical (unpaired) electrons. The highest BCUT2D eigenvalue weighted by Crippen LogP contribution is 2.24. The standard InChI is InChI=1S/C25H29N5O/c1-18-7-8-21(15-19(18)2)23-9-10-24(29-28-23)30-14-4-6-22(17-30)25(31)27-13-11-20-5-3-12-26-16-20/h3,5,7-10,12,15-16,22H,4,6,11,13-14,17H2,1-2H3,(H,27,31). The summed E-state index contributed by atoms with van der Waals surface area (Å²) in [5.41, 5.74) is 5.59. The van der Waals surface area contributed by atoms with Crippen LogP contribution in [0.5, 0.6) is 0 Å². The minimum absolute atomic E-state index is 0.0242. The molecule has 3 heterocycles. The molecule has 160 valence electrons. The van der Waals surface area contributed by atoms with Crippen LogP contribution in [0.2, 0.25) is 0 Å². The van der Waals surface area contributed by atoms with Crippen molar-refractivity contribution in [3.63, 3.8) is 0 Å². The first kappa shape index (κ1) is 21.0. The molecule has 3 aromatic rings. The number of pyridine rings is 1. The van der Waals surface area contributed by atoms with E-state index >= 15 is 0 Å². The molecule has 2 aromatic heterocycles. The van der Waals surface area contributed by atoms with Crippen LogP contribution in [0.1, 0.15) is 29.5 Å². The van der Waals surface area contributed by atoms with Gasteiger partial charge in [0.05, 0.1) is 11.6 Å². The van der Waals surface area contributed by atoms with Crippen molar-refractivity contribution in [1.29, 1.82) is 0 Å². The van der Waals surface area contributed by atoms with Gasteiger partial charge in [-0.3, -0.25) is 9.78 Å². The highest BCUT2D eigenvalue weighted by atomic mass is 16.1. The van der Waals surface area contributed by atoms with Crippen molar-refractivity contribution < 1.29 is 4.79 Å². The molecule has 31 heavy (non-hydrogen) atoms. The monoisotopic (exact) mass is 415 g/mol. The third-order valence-corrected chi connectivity index (χ3v) is 6.01. The number of aromatic nitrogens is 3. The van der Waals surface area contributed by atoms with E-state index in [-0.39, 0.29) is 11.8 Å². The molecule has 1 fully saturated rings. The van der Waals surface area contributed by atoms with E-state index in [4.69, 9.17) is 0 Å². The normalized spacial score (nSPS) is 16.2. The molecule has 1 aromatic carbocycles. The van der Waals surface area contributed by atoms with Gasteiger partial charge in [0.15, 0.2) is 5.82 Å². The molecule has 1 aliphatic heterocycles. The van der Waals surface area contributed by atoms with Crippen LogP contribution in [0, 0.1) is 19.8 Å². The van der Waals surface area contributed by atoms with Crippen LogP contribution in [-0.2, 0) is 11.2 Å². The van der Waals surface area contributed by atoms with Crippen molar-refractivity contribution in [1.82, 2.24) is 20.5 Å². The van der Waals surface area contributed by atoms with Gasteiger partial charge in [0.2, 0.25) is 5.91 Å². The number of nitrogens with zero attached hydrogens (tertiary/aromatic N) is 4. The first-order valence-corrected chi connectivity index (χ1v) is 10.9. The number of carbonyl (C=O) groups excluding carboxylic acids is 1. The summed E-state index contributed by atoms with van der Waals surface area (Å²) in [4.78, 5) is 19.0. The lowest BCUT2D eigenvalue weighted by molar-refractivity contribution is -0.125. The maximum Gasteiger partial charge on any atom is 0.224 e. The summed E-state index contributed by atoms with van der Waals surface area (Å²) >= 11 is 0. The number of rotatable bonds is 6. The summed E-state index contributed by atoms with van der Waals surface area (Å²) < 4.78 is 0. The lowest BCUT2D eigenvalue weighted by atomic mass is 9.97. The Kier molecular flexibility index (Phi) is 6.55. The van der Waals surface area contributed by atoms with E-state index in [1.807, 2.05) is 30.5 Å². The minimum atomic E-state index is -0.0242. The van der Waals surface area contributed by atoms with E-state index < -0.39 is 0 Å². The van der Waals surface area contributed by atoms with Crippen LogP contribution in [0.4, 0.5) is 5.82 Å². The Hall–Kier alpha value is -3.28. The van der Waals surface area contributed by atoms with Crippen LogP contribution in [0.3, 0.4) is 0 Å². The fraction of sp³-hybridized carbons (Fsp3) is 0.360. The Morgan fingerprint density at radius 1 is 1.13 bits per heavy atom. The van der Waals surface area contributed by atoms with Crippen molar-refractivity contribution in [3.05, 3.63) is 71.5 Å². The molecule has 1 saturated heterocycles. The van der Waals surface area contributed by atoms with Crippen LogP contribution in [0.25, 0.3) is 11.3 Å². The summed E-state index contributed by atoms with van der Waals surface area (Å²) in [5.74, 6) is 0.928. The van der Waals surface area contributed by atoms with E-state index in [1.165, 1.54) is 11.1 Å². The third kappa shape index (κ3) is 5.26. The second-order valence-corrected chi connectivity index (χ2v) is 8.26. The quantitative estimate of drug-likeness (QED) is 0.664. The van der Waals surface area contributed by atoms with Gasteiger partial charge in [-0.05, 0) is 74.1 Å². The lowest BCUT2D eigenvalue weighted by Crippen LogP contribution is -2.43. The van der Waals surface area contributed by atoms with Crippen molar-refractivity contribution in [2.24, 2.45) is 5.92 Å². The van der Waals surface area contributed by atoms with E-state index in [1.54, 1.807) is 6.20 Å². The molecule has 6 nitrogen and oxygen atoms in total. The Labute approximate surface area is 183 Å². The predicted molar refractivity (Wildman–Crippen MR) is 123 cm³/mol. The fourth-order valence-electron chi connectivity index (χ4n) is 3.97. The molecule has 1 atom stereocenters. The highest BCUT2D eigenvalue weighted by molar-refractivity contribution is 5.79. The molecule has 6 heteroatoms. The van der Waals surface area contributed by atoms with E-state index in [2.05, 4.69) is 57.4 Å². The Bertz CT molecular complexity index is 1020. The van der Waals surface area contributed by atoms with Crippen molar-refractivity contribution in [2.45, 2.75) is 33.1 Å². The molecule has 0 bridgehead atoms. The van der Waals surface area contributed by atoms with Crippen molar-refractivity contribution in [2.75, 3.05) is 24.5 Å². The molecule has 4 rings (SSSR count). The molecule has 1 N–H and O–H groups in total. The maximum atomic E-state index is 12.7. The third-order valence-electron chi connectivity index (χ3n) is 6.01. The molecule has 1 aliphatic rings. The van der Waals surface area contributed by atoms with Gasteiger partial charge in [-0.25, -0.2) is 0 Å². The minimum Gasteiger partial charge on any atom is -0.355 e. The zero-order valence-electron chi connectivity index (χ0n) is 18.2. The smallest absolute Gasteiger partial charge is 0.224 e. The van der Waals surface area contributed by atoms with Crippen LogP contribution in [0.15, 0.2) is 54.9 Å². The number of aryl methyl sites for hydroxylation is 2. The molecule has 0 spiro atoms. The molecule has 0 aliphatic carbocycles. The van der Waals surface area contributed by atoms with Gasteiger partial charge < -0.3 is 10.2 Å². The predicted octanol–water partition coefficient (Wildman–Crippen LogP) is 3.73. The van der Waals surface area contributed by atoms with E-state index in [0.29, 0.717) is 13.1 Å². The summed E-state index contributed by atoms with van der Waals surface area (Å²) in [6.45, 7) is 6.42. The average Bonchev–Trinajstić information content (AvgIpc) is 2.82. The number of anilines is 1. The second-order valence-electron chi connectivity index (χ2n) is 8.26. The summed E-state index contributed by atoms with van der Waals surface area (Å²) in [5, 5.41) is 12.0. The molecular weight excluding hydrogens is 386 g/mol. The van der Waals surface area contributed by atoms with Gasteiger partial charge in [-0.1, -0.05) is 18.2 Å². The average molecular weight is 416 g/mol. The van der Waals surface area contributed by atoms with Crippen LogP contribution < -0.4 is 10.2 Å². The van der Waals surface area contributed by atoms with Gasteiger partial charge in [0.25, 0.3) is 0 Å². The largest absolute Gasteiger partial charge is 0.355 e. The molecule has 1 amide bonds. The molecule has 0 saturated carbocycles. The molecular formula is C25H29N5O. The van der Waals surface area contributed by atoms with E-state index in [9.17, 15) is 4.79 Å². The number of carbonyl (C=O) groups is 1. The zero-order valence-corrected chi connectivity index (χ0v) is 18.2. The Balaban J connectivity index is 1.34. The second kappa shape index (κ2) is 9.69. The highest BCUT2D eigenvalue weighted by Gasteiger charge is 2.26. The molecule has 1 unspecified atom stereocenters. The van der Waals surface area contributed by atoms with Gasteiger partial charge in [-0.15, -0.1) is 10.2 Å². The van der Waals surface area contributed by atoms with Gasteiger partial charge in [0.1, 0.15) is 0 Å². The fourth-order valence-corrected chi connectivity index (χ4v) is 3.97. The van der Waals surface area contributed by atoms with Gasteiger partial charge in [-0.2, -0.15) is 0 Å². The number of hydrogen-bond donors (Lipinski definition) is 1. The van der Waals surface area contributed by atoms with Gasteiger partial charge in [0, 0.05) is 37.6 Å². The van der Waals surface area contributed by atoms with E-state index in [0.717, 1.165) is 48.4 Å². The van der Waals surface area contributed by atoms with Crippen molar-refractivity contribution in [3.8, 4) is 11.3 Å². The maximum absolute atomic E-state index is 12.7. The lowest BCUT2D eigenvalue weighted by Gasteiger charge is -2.32. The number of amides is 1. The topological polar surface area (TPSA) is 71.0 Å². The van der Waals surface area contributed by atoms with Crippen molar-refractivity contribution >= 4 is 11.7 Å².